The molecular weight excluding hydrogens is 360 g/mol. The van der Waals surface area contributed by atoms with Gasteiger partial charge in [0.25, 0.3) is 5.91 Å². The molecule has 136 valence electrons. The predicted octanol–water partition coefficient (Wildman–Crippen LogP) is 4.99. The molecule has 3 aromatic carbocycles. The van der Waals surface area contributed by atoms with E-state index in [0.717, 1.165) is 16.9 Å². The first-order chi connectivity index (χ1) is 13.1. The van der Waals surface area contributed by atoms with Crippen LogP contribution in [0, 0.1) is 6.92 Å². The smallest absolute Gasteiger partial charge is 0.272 e. The second-order valence-electron chi connectivity index (χ2n) is 6.02. The summed E-state index contributed by atoms with van der Waals surface area (Å²) in [6.45, 7) is 2.57. The van der Waals surface area contributed by atoms with Gasteiger partial charge in [0.05, 0.1) is 16.8 Å². The number of rotatable bonds is 6. The van der Waals surface area contributed by atoms with Gasteiger partial charge in [-0.1, -0.05) is 53.6 Å². The number of hydrazone groups is 1. The lowest BCUT2D eigenvalue weighted by Gasteiger charge is -2.07. The molecule has 27 heavy (non-hydrogen) atoms. The molecule has 0 fully saturated rings. The summed E-state index contributed by atoms with van der Waals surface area (Å²) in [5.41, 5.74) is 6.04. The Hall–Kier alpha value is -3.11. The fraction of sp³-hybridized carbons (Fsp3) is 0.0909. The van der Waals surface area contributed by atoms with Gasteiger partial charge in [0.1, 0.15) is 12.4 Å². The van der Waals surface area contributed by atoms with E-state index in [1.165, 1.54) is 5.56 Å². The maximum Gasteiger partial charge on any atom is 0.272 e. The van der Waals surface area contributed by atoms with Gasteiger partial charge in [-0.05, 0) is 54.4 Å². The van der Waals surface area contributed by atoms with Crippen LogP contribution < -0.4 is 10.2 Å². The highest BCUT2D eigenvalue weighted by Crippen LogP contribution is 2.15. The normalized spacial score (nSPS) is 10.7. The Kier molecular flexibility index (Phi) is 6.23. The number of nitrogens with zero attached hydrogens (tertiary/aromatic N) is 1. The fourth-order valence-electron chi connectivity index (χ4n) is 2.37. The first kappa shape index (κ1) is 18.7. The van der Waals surface area contributed by atoms with E-state index in [2.05, 4.69) is 41.7 Å². The maximum atomic E-state index is 12.0. The Morgan fingerprint density at radius 1 is 1.04 bits per heavy atom. The first-order valence-corrected chi connectivity index (χ1v) is 8.86. The van der Waals surface area contributed by atoms with Gasteiger partial charge in [0.2, 0.25) is 0 Å². The van der Waals surface area contributed by atoms with Crippen LogP contribution in [0.2, 0.25) is 5.02 Å². The van der Waals surface area contributed by atoms with Crippen molar-refractivity contribution in [2.24, 2.45) is 5.10 Å². The van der Waals surface area contributed by atoms with Gasteiger partial charge in [0, 0.05) is 0 Å². The number of halogens is 1. The Morgan fingerprint density at radius 2 is 1.74 bits per heavy atom. The minimum absolute atomic E-state index is 0.352. The number of hydrogen-bond acceptors (Lipinski definition) is 3. The average Bonchev–Trinajstić information content (AvgIpc) is 2.69. The molecule has 0 aliphatic carbocycles. The van der Waals surface area contributed by atoms with Crippen LogP contribution in [-0.4, -0.2) is 12.1 Å². The van der Waals surface area contributed by atoms with Crippen LogP contribution >= 0.6 is 11.6 Å². The molecular formula is C22H19ClN2O2. The molecule has 0 heterocycles. The van der Waals surface area contributed by atoms with Crippen LogP contribution in [0.5, 0.6) is 5.75 Å². The van der Waals surface area contributed by atoms with Gasteiger partial charge >= 0.3 is 0 Å². The molecule has 5 heteroatoms. The molecule has 0 saturated carbocycles. The second-order valence-corrected chi connectivity index (χ2v) is 6.43. The summed E-state index contributed by atoms with van der Waals surface area (Å²) in [6.07, 6.45) is 1.57. The summed E-state index contributed by atoms with van der Waals surface area (Å²) in [6, 6.07) is 22.5. The molecule has 0 aromatic heterocycles. The van der Waals surface area contributed by atoms with E-state index in [-0.39, 0.29) is 5.91 Å². The highest BCUT2D eigenvalue weighted by Gasteiger charge is 2.07. The third-order valence-electron chi connectivity index (χ3n) is 3.90. The molecule has 0 unspecified atom stereocenters. The molecule has 3 aromatic rings. The SMILES string of the molecule is Cc1ccc(COc2ccc(C=NNC(=O)c3ccccc3Cl)cc2)cc1. The van der Waals surface area contributed by atoms with Gasteiger partial charge in [0.15, 0.2) is 0 Å². The maximum absolute atomic E-state index is 12.0. The van der Waals surface area contributed by atoms with E-state index >= 15 is 0 Å². The van der Waals surface area contributed by atoms with Crippen LogP contribution in [0.25, 0.3) is 0 Å². The predicted molar refractivity (Wildman–Crippen MR) is 108 cm³/mol. The summed E-state index contributed by atoms with van der Waals surface area (Å²) < 4.78 is 5.77. The molecule has 0 spiro atoms. The molecule has 3 rings (SSSR count). The summed E-state index contributed by atoms with van der Waals surface area (Å²) in [5.74, 6) is 0.419. The molecule has 0 radical (unpaired) electrons. The number of nitrogens with one attached hydrogen (secondary N) is 1. The van der Waals surface area contributed by atoms with Crippen molar-refractivity contribution in [2.75, 3.05) is 0 Å². The Bertz CT molecular complexity index is 935. The largest absolute Gasteiger partial charge is 0.489 e. The lowest BCUT2D eigenvalue weighted by molar-refractivity contribution is 0.0955. The Labute approximate surface area is 163 Å². The zero-order valence-corrected chi connectivity index (χ0v) is 15.6. The van der Waals surface area contributed by atoms with Crippen molar-refractivity contribution in [1.29, 1.82) is 0 Å². The Balaban J connectivity index is 1.52. The standard InChI is InChI=1S/C22H19ClN2O2/c1-16-6-8-18(9-7-16)15-27-19-12-10-17(11-13-19)14-24-25-22(26)20-4-2-3-5-21(20)23/h2-14H,15H2,1H3,(H,25,26). The van der Waals surface area contributed by atoms with Crippen LogP contribution in [0.15, 0.2) is 77.9 Å². The average molecular weight is 379 g/mol. The quantitative estimate of drug-likeness (QED) is 0.485. The van der Waals surface area contributed by atoms with Crippen molar-refractivity contribution in [3.05, 3.63) is 100 Å². The number of amides is 1. The number of carbonyl (C=O) groups excluding carboxylic acids is 1. The van der Waals surface area contributed by atoms with Gasteiger partial charge < -0.3 is 4.74 Å². The lowest BCUT2D eigenvalue weighted by Crippen LogP contribution is -2.17. The van der Waals surface area contributed by atoms with Crippen molar-refractivity contribution >= 4 is 23.7 Å². The molecule has 4 nitrogen and oxygen atoms in total. The molecule has 0 atom stereocenters. The van der Waals surface area contributed by atoms with Crippen molar-refractivity contribution in [1.82, 2.24) is 5.43 Å². The molecule has 1 amide bonds. The highest BCUT2D eigenvalue weighted by atomic mass is 35.5. The summed E-state index contributed by atoms with van der Waals surface area (Å²) in [4.78, 5) is 12.0. The van der Waals surface area contributed by atoms with Crippen LogP contribution in [0.4, 0.5) is 0 Å². The van der Waals surface area contributed by atoms with Crippen molar-refractivity contribution in [3.8, 4) is 5.75 Å². The Morgan fingerprint density at radius 3 is 2.44 bits per heavy atom. The van der Waals surface area contributed by atoms with Crippen molar-refractivity contribution in [2.45, 2.75) is 13.5 Å². The molecule has 0 aliphatic heterocycles. The van der Waals surface area contributed by atoms with E-state index in [0.29, 0.717) is 17.2 Å². The monoisotopic (exact) mass is 378 g/mol. The summed E-state index contributed by atoms with van der Waals surface area (Å²) in [7, 11) is 0. The molecule has 0 saturated heterocycles. The lowest BCUT2D eigenvalue weighted by atomic mass is 10.2. The number of ether oxygens (including phenoxy) is 1. The topological polar surface area (TPSA) is 50.7 Å². The van der Waals surface area contributed by atoms with Crippen LogP contribution in [0.1, 0.15) is 27.0 Å². The zero-order chi connectivity index (χ0) is 19.1. The molecule has 1 N–H and O–H groups in total. The van der Waals surface area contributed by atoms with E-state index in [1.54, 1.807) is 30.5 Å². The number of hydrogen-bond donors (Lipinski definition) is 1. The second kappa shape index (κ2) is 9.01. The fourth-order valence-corrected chi connectivity index (χ4v) is 2.59. The first-order valence-electron chi connectivity index (χ1n) is 8.48. The van der Waals surface area contributed by atoms with Gasteiger partial charge in [-0.2, -0.15) is 5.10 Å². The molecule has 0 aliphatic rings. The van der Waals surface area contributed by atoms with Gasteiger partial charge in [-0.15, -0.1) is 0 Å². The van der Waals surface area contributed by atoms with E-state index in [9.17, 15) is 4.79 Å². The number of aryl methyl sites for hydroxylation is 1. The van der Waals surface area contributed by atoms with E-state index in [1.807, 2.05) is 24.3 Å². The highest BCUT2D eigenvalue weighted by molar-refractivity contribution is 6.33. The minimum atomic E-state index is -0.352. The van der Waals surface area contributed by atoms with Gasteiger partial charge in [-0.3, -0.25) is 4.79 Å². The number of benzene rings is 3. The third kappa shape index (κ3) is 5.43. The van der Waals surface area contributed by atoms with Crippen LogP contribution in [0.3, 0.4) is 0 Å². The molecule has 0 bridgehead atoms. The zero-order valence-electron chi connectivity index (χ0n) is 14.9. The number of carbonyl (C=O) groups is 1. The minimum Gasteiger partial charge on any atom is -0.489 e. The third-order valence-corrected chi connectivity index (χ3v) is 4.23. The van der Waals surface area contributed by atoms with Crippen molar-refractivity contribution in [3.63, 3.8) is 0 Å². The van der Waals surface area contributed by atoms with E-state index in [4.69, 9.17) is 16.3 Å². The summed E-state index contributed by atoms with van der Waals surface area (Å²) in [5, 5.41) is 4.36. The van der Waals surface area contributed by atoms with Crippen molar-refractivity contribution < 1.29 is 9.53 Å². The van der Waals surface area contributed by atoms with Gasteiger partial charge in [-0.25, -0.2) is 5.43 Å². The van der Waals surface area contributed by atoms with E-state index < -0.39 is 0 Å². The summed E-state index contributed by atoms with van der Waals surface area (Å²) >= 11 is 5.99. The van der Waals surface area contributed by atoms with Crippen LogP contribution in [-0.2, 0) is 6.61 Å².